The van der Waals surface area contributed by atoms with Gasteiger partial charge >= 0.3 is 0 Å². The van der Waals surface area contributed by atoms with Crippen LogP contribution >= 0.6 is 0 Å². The van der Waals surface area contributed by atoms with Gasteiger partial charge in [0.2, 0.25) is 0 Å². The van der Waals surface area contributed by atoms with Gasteiger partial charge < -0.3 is 4.90 Å². The van der Waals surface area contributed by atoms with E-state index >= 15 is 0 Å². The highest BCUT2D eigenvalue weighted by molar-refractivity contribution is 5.97. The van der Waals surface area contributed by atoms with Crippen molar-refractivity contribution in [3.8, 4) is 0 Å². The maximum Gasteiger partial charge on any atom is 0.164 e. The number of benzene rings is 1. The maximum atomic E-state index is 12.0. The fraction of sp³-hybridized carbons (Fsp3) is 0.500. The van der Waals surface area contributed by atoms with Gasteiger partial charge in [-0.2, -0.15) is 0 Å². The summed E-state index contributed by atoms with van der Waals surface area (Å²) in [6.07, 6.45) is 0.597. The Morgan fingerprint density at radius 1 is 1.31 bits per heavy atom. The lowest BCUT2D eigenvalue weighted by molar-refractivity contribution is 0.0963. The standard InChI is InChI=1S/C14H21NO/c1-11(2)15(4)10-9-14(16)13-8-6-5-7-12(13)3/h5-8,11H,9-10H2,1-4H3. The van der Waals surface area contributed by atoms with E-state index < -0.39 is 0 Å². The first kappa shape index (κ1) is 12.9. The topological polar surface area (TPSA) is 20.3 Å². The molecular weight excluding hydrogens is 198 g/mol. The minimum absolute atomic E-state index is 0.241. The highest BCUT2D eigenvalue weighted by Crippen LogP contribution is 2.10. The number of hydrogen-bond donors (Lipinski definition) is 0. The number of nitrogens with zero attached hydrogens (tertiary/aromatic N) is 1. The first-order valence-electron chi connectivity index (χ1n) is 5.81. The van der Waals surface area contributed by atoms with Gasteiger partial charge in [-0.3, -0.25) is 4.79 Å². The molecule has 0 heterocycles. The van der Waals surface area contributed by atoms with Crippen molar-refractivity contribution in [1.29, 1.82) is 0 Å². The summed E-state index contributed by atoms with van der Waals surface area (Å²) < 4.78 is 0. The van der Waals surface area contributed by atoms with E-state index in [-0.39, 0.29) is 5.78 Å². The second-order valence-corrected chi connectivity index (χ2v) is 4.56. The molecule has 2 nitrogen and oxygen atoms in total. The highest BCUT2D eigenvalue weighted by atomic mass is 16.1. The molecule has 0 saturated carbocycles. The molecule has 0 N–H and O–H groups in total. The Bertz CT molecular complexity index is 358. The van der Waals surface area contributed by atoms with E-state index in [1.165, 1.54) is 0 Å². The molecule has 0 fully saturated rings. The molecule has 0 aliphatic heterocycles. The fourth-order valence-electron chi connectivity index (χ4n) is 1.56. The Morgan fingerprint density at radius 2 is 1.94 bits per heavy atom. The average molecular weight is 219 g/mol. The van der Waals surface area contributed by atoms with E-state index in [1.807, 2.05) is 31.2 Å². The van der Waals surface area contributed by atoms with Crippen LogP contribution in [0.4, 0.5) is 0 Å². The van der Waals surface area contributed by atoms with Crippen molar-refractivity contribution < 1.29 is 4.79 Å². The van der Waals surface area contributed by atoms with Crippen molar-refractivity contribution in [2.24, 2.45) is 0 Å². The van der Waals surface area contributed by atoms with Crippen LogP contribution < -0.4 is 0 Å². The zero-order valence-electron chi connectivity index (χ0n) is 10.7. The summed E-state index contributed by atoms with van der Waals surface area (Å²) in [6.45, 7) is 7.08. The summed E-state index contributed by atoms with van der Waals surface area (Å²) >= 11 is 0. The van der Waals surface area contributed by atoms with Gasteiger partial charge in [-0.05, 0) is 33.4 Å². The lowest BCUT2D eigenvalue weighted by atomic mass is 10.0. The number of hydrogen-bond acceptors (Lipinski definition) is 2. The van der Waals surface area contributed by atoms with Crippen molar-refractivity contribution in [1.82, 2.24) is 4.90 Å². The average Bonchev–Trinajstić information content (AvgIpc) is 2.25. The van der Waals surface area contributed by atoms with E-state index in [4.69, 9.17) is 0 Å². The third-order valence-corrected chi connectivity index (χ3v) is 3.02. The van der Waals surface area contributed by atoms with Crippen molar-refractivity contribution in [2.75, 3.05) is 13.6 Å². The van der Waals surface area contributed by atoms with Crippen molar-refractivity contribution in [3.63, 3.8) is 0 Å². The molecular formula is C14H21NO. The van der Waals surface area contributed by atoms with Crippen LogP contribution in [0.5, 0.6) is 0 Å². The molecule has 88 valence electrons. The Labute approximate surface area is 98.3 Å². The van der Waals surface area contributed by atoms with Crippen LogP contribution in [-0.2, 0) is 0 Å². The van der Waals surface area contributed by atoms with Crippen LogP contribution in [0, 0.1) is 6.92 Å². The van der Waals surface area contributed by atoms with Gasteiger partial charge in [0.15, 0.2) is 5.78 Å². The van der Waals surface area contributed by atoms with Gasteiger partial charge in [0.1, 0.15) is 0 Å². The molecule has 1 aromatic rings. The predicted molar refractivity (Wildman–Crippen MR) is 67.9 cm³/mol. The van der Waals surface area contributed by atoms with Gasteiger partial charge in [-0.25, -0.2) is 0 Å². The van der Waals surface area contributed by atoms with E-state index in [2.05, 4.69) is 25.8 Å². The Balaban J connectivity index is 2.57. The Hall–Kier alpha value is -1.15. The summed E-state index contributed by atoms with van der Waals surface area (Å²) in [5, 5.41) is 0. The fourth-order valence-corrected chi connectivity index (χ4v) is 1.56. The Morgan fingerprint density at radius 3 is 2.50 bits per heavy atom. The van der Waals surface area contributed by atoms with Crippen LogP contribution in [0.1, 0.15) is 36.2 Å². The molecule has 0 unspecified atom stereocenters. The number of aryl methyl sites for hydroxylation is 1. The number of Topliss-reactive ketones (excluding diaryl/α,β-unsaturated/α-hetero) is 1. The van der Waals surface area contributed by atoms with E-state index in [1.54, 1.807) is 0 Å². The van der Waals surface area contributed by atoms with Gasteiger partial charge in [-0.1, -0.05) is 24.3 Å². The highest BCUT2D eigenvalue weighted by Gasteiger charge is 2.10. The molecule has 0 spiro atoms. The molecule has 0 atom stereocenters. The van der Waals surface area contributed by atoms with E-state index in [0.29, 0.717) is 12.5 Å². The van der Waals surface area contributed by atoms with Crippen LogP contribution in [0.25, 0.3) is 0 Å². The van der Waals surface area contributed by atoms with Gasteiger partial charge in [0, 0.05) is 24.6 Å². The Kier molecular flexibility index (Phi) is 4.69. The van der Waals surface area contributed by atoms with Crippen molar-refractivity contribution in [3.05, 3.63) is 35.4 Å². The number of ketones is 1. The van der Waals surface area contributed by atoms with Gasteiger partial charge in [0.25, 0.3) is 0 Å². The van der Waals surface area contributed by atoms with Crippen molar-refractivity contribution in [2.45, 2.75) is 33.2 Å². The molecule has 1 rings (SSSR count). The van der Waals surface area contributed by atoms with Crippen molar-refractivity contribution >= 4 is 5.78 Å². The maximum absolute atomic E-state index is 12.0. The molecule has 2 heteroatoms. The summed E-state index contributed by atoms with van der Waals surface area (Å²) in [4.78, 5) is 14.2. The SMILES string of the molecule is Cc1ccccc1C(=O)CCN(C)C(C)C. The third kappa shape index (κ3) is 3.46. The molecule has 0 aliphatic rings. The molecule has 0 radical (unpaired) electrons. The summed E-state index contributed by atoms with van der Waals surface area (Å²) in [7, 11) is 2.05. The molecule has 16 heavy (non-hydrogen) atoms. The summed E-state index contributed by atoms with van der Waals surface area (Å²) in [5.41, 5.74) is 1.93. The number of carbonyl (C=O) groups excluding carboxylic acids is 1. The predicted octanol–water partition coefficient (Wildman–Crippen LogP) is 2.91. The van der Waals surface area contributed by atoms with Crippen LogP contribution in [-0.4, -0.2) is 30.3 Å². The second-order valence-electron chi connectivity index (χ2n) is 4.56. The molecule has 0 aliphatic carbocycles. The minimum Gasteiger partial charge on any atom is -0.304 e. The smallest absolute Gasteiger partial charge is 0.164 e. The molecule has 0 aromatic heterocycles. The largest absolute Gasteiger partial charge is 0.304 e. The molecule has 0 saturated heterocycles. The lowest BCUT2D eigenvalue weighted by Gasteiger charge is -2.20. The van der Waals surface area contributed by atoms with Crippen LogP contribution in [0.2, 0.25) is 0 Å². The molecule has 0 amide bonds. The van der Waals surface area contributed by atoms with Gasteiger partial charge in [-0.15, -0.1) is 0 Å². The van der Waals surface area contributed by atoms with Crippen LogP contribution in [0.3, 0.4) is 0 Å². The minimum atomic E-state index is 0.241. The normalized spacial score (nSPS) is 11.1. The second kappa shape index (κ2) is 5.80. The quantitative estimate of drug-likeness (QED) is 0.710. The van der Waals surface area contributed by atoms with Crippen LogP contribution in [0.15, 0.2) is 24.3 Å². The summed E-state index contributed by atoms with van der Waals surface area (Å²) in [6, 6.07) is 8.27. The zero-order chi connectivity index (χ0) is 12.1. The first-order valence-corrected chi connectivity index (χ1v) is 5.81. The zero-order valence-corrected chi connectivity index (χ0v) is 10.7. The van der Waals surface area contributed by atoms with Gasteiger partial charge in [0.05, 0.1) is 0 Å². The van der Waals surface area contributed by atoms with E-state index in [0.717, 1.165) is 17.7 Å². The number of carbonyl (C=O) groups is 1. The lowest BCUT2D eigenvalue weighted by Crippen LogP contribution is -2.28. The first-order chi connectivity index (χ1) is 7.52. The third-order valence-electron chi connectivity index (χ3n) is 3.02. The van der Waals surface area contributed by atoms with E-state index in [9.17, 15) is 4.79 Å². The summed E-state index contributed by atoms with van der Waals surface area (Å²) in [5.74, 6) is 0.241. The molecule has 1 aromatic carbocycles. The molecule has 0 bridgehead atoms. The number of rotatable bonds is 5. The monoisotopic (exact) mass is 219 g/mol.